The molecule has 0 atom stereocenters. The number of halogens is 2. The molecule has 1 rings (SSSR count). The fraction of sp³-hybridized carbons (Fsp3) is 0.625. The van der Waals surface area contributed by atoms with Crippen molar-refractivity contribution >= 4 is 0 Å². The summed E-state index contributed by atoms with van der Waals surface area (Å²) in [5.41, 5.74) is 6.68. The Kier molecular flexibility index (Phi) is 5.08. The van der Waals surface area contributed by atoms with E-state index in [1.807, 2.05) is 33.8 Å². The van der Waals surface area contributed by atoms with Crippen molar-refractivity contribution in [2.75, 3.05) is 6.54 Å². The van der Waals surface area contributed by atoms with Crippen LogP contribution in [0.25, 0.3) is 0 Å². The summed E-state index contributed by atoms with van der Waals surface area (Å²) in [5.74, 6) is -2.78. The molecular weight excluding hydrogens is 244 g/mol. The maximum Gasteiger partial charge on any atom is 0.273 e. The van der Waals surface area contributed by atoms with Crippen molar-refractivity contribution in [2.45, 2.75) is 46.5 Å². The Labute approximate surface area is 115 Å². The summed E-state index contributed by atoms with van der Waals surface area (Å²) in [6, 6.07) is 6.75. The minimum atomic E-state index is -2.75. The van der Waals surface area contributed by atoms with Gasteiger partial charge in [0.1, 0.15) is 0 Å². The molecule has 0 bridgehead atoms. The number of hydrogen-bond donors (Lipinski definition) is 1. The molecule has 0 spiro atoms. The molecule has 1 aromatic carbocycles. The van der Waals surface area contributed by atoms with Gasteiger partial charge in [-0.2, -0.15) is 0 Å². The number of nitrogens with two attached hydrogens (primary N) is 1. The van der Waals surface area contributed by atoms with Crippen molar-refractivity contribution < 1.29 is 8.78 Å². The van der Waals surface area contributed by atoms with Crippen LogP contribution in [0.15, 0.2) is 24.3 Å². The highest BCUT2D eigenvalue weighted by Gasteiger charge is 2.32. The first-order chi connectivity index (χ1) is 8.66. The molecule has 0 aliphatic heterocycles. The van der Waals surface area contributed by atoms with Crippen LogP contribution in [-0.4, -0.2) is 6.54 Å². The number of alkyl halides is 2. The van der Waals surface area contributed by atoms with Crippen LogP contribution < -0.4 is 5.73 Å². The van der Waals surface area contributed by atoms with Crippen LogP contribution >= 0.6 is 0 Å². The lowest BCUT2D eigenvalue weighted by molar-refractivity contribution is -0.0250. The van der Waals surface area contributed by atoms with E-state index in [-0.39, 0.29) is 23.3 Å². The van der Waals surface area contributed by atoms with Gasteiger partial charge in [-0.1, -0.05) is 45.9 Å². The first-order valence-corrected chi connectivity index (χ1v) is 6.83. The Morgan fingerprint density at radius 1 is 1.21 bits per heavy atom. The zero-order chi connectivity index (χ0) is 14.7. The Bertz CT molecular complexity index is 411. The van der Waals surface area contributed by atoms with E-state index in [2.05, 4.69) is 0 Å². The maximum absolute atomic E-state index is 14.1. The fourth-order valence-electron chi connectivity index (χ4n) is 2.16. The molecule has 108 valence electrons. The fourth-order valence-corrected chi connectivity index (χ4v) is 2.16. The topological polar surface area (TPSA) is 26.0 Å². The second-order valence-corrected chi connectivity index (χ2v) is 6.55. The van der Waals surface area contributed by atoms with Crippen molar-refractivity contribution in [1.82, 2.24) is 0 Å². The van der Waals surface area contributed by atoms with E-state index >= 15 is 0 Å². The summed E-state index contributed by atoms with van der Waals surface area (Å²) in [5, 5.41) is 0. The molecule has 1 aromatic rings. The highest BCUT2D eigenvalue weighted by atomic mass is 19.3. The van der Waals surface area contributed by atoms with Crippen molar-refractivity contribution in [3.63, 3.8) is 0 Å². The molecular formula is C16H25F2N. The largest absolute Gasteiger partial charge is 0.330 e. The molecule has 0 aliphatic carbocycles. The number of benzene rings is 1. The summed E-state index contributed by atoms with van der Waals surface area (Å²) in [6.45, 7) is 8.27. The van der Waals surface area contributed by atoms with Gasteiger partial charge in [0.2, 0.25) is 0 Å². The first kappa shape index (κ1) is 16.1. The third-order valence-electron chi connectivity index (χ3n) is 3.25. The molecule has 0 aliphatic rings. The highest BCUT2D eigenvalue weighted by molar-refractivity contribution is 5.27. The van der Waals surface area contributed by atoms with Gasteiger partial charge in [-0.3, -0.25) is 0 Å². The van der Waals surface area contributed by atoms with Gasteiger partial charge in [0.05, 0.1) is 0 Å². The van der Waals surface area contributed by atoms with Crippen molar-refractivity contribution in [3.8, 4) is 0 Å². The Morgan fingerprint density at radius 3 is 2.37 bits per heavy atom. The van der Waals surface area contributed by atoms with Crippen LogP contribution in [0, 0.1) is 11.3 Å². The molecule has 0 amide bonds. The molecule has 0 heterocycles. The summed E-state index contributed by atoms with van der Waals surface area (Å²) < 4.78 is 28.2. The normalized spacial score (nSPS) is 13.1. The first-order valence-electron chi connectivity index (χ1n) is 6.83. The lowest BCUT2D eigenvalue weighted by Crippen LogP contribution is -2.26. The van der Waals surface area contributed by atoms with Crippen molar-refractivity contribution in [3.05, 3.63) is 35.4 Å². The van der Waals surface area contributed by atoms with Gasteiger partial charge < -0.3 is 5.73 Å². The van der Waals surface area contributed by atoms with Crippen molar-refractivity contribution in [2.24, 2.45) is 17.1 Å². The molecule has 0 unspecified atom stereocenters. The zero-order valence-corrected chi connectivity index (χ0v) is 12.3. The Hall–Kier alpha value is -0.960. The van der Waals surface area contributed by atoms with Crippen LogP contribution in [0.2, 0.25) is 0 Å². The van der Waals surface area contributed by atoms with E-state index in [1.165, 1.54) is 6.07 Å². The van der Waals surface area contributed by atoms with Gasteiger partial charge in [-0.25, -0.2) is 8.78 Å². The average Bonchev–Trinajstić information content (AvgIpc) is 2.27. The van der Waals surface area contributed by atoms with Crippen LogP contribution in [0.5, 0.6) is 0 Å². The SMILES string of the molecule is CC(C)CC(F)(F)c1cccc(CC(C)(C)CN)c1. The summed E-state index contributed by atoms with van der Waals surface area (Å²) in [4.78, 5) is 0. The van der Waals surface area contributed by atoms with E-state index in [4.69, 9.17) is 5.73 Å². The van der Waals surface area contributed by atoms with Gasteiger partial charge in [0.25, 0.3) is 5.92 Å². The van der Waals surface area contributed by atoms with E-state index in [0.717, 1.165) is 12.0 Å². The van der Waals surface area contributed by atoms with Gasteiger partial charge in [0.15, 0.2) is 0 Å². The van der Waals surface area contributed by atoms with Crippen LogP contribution in [0.4, 0.5) is 8.78 Å². The quantitative estimate of drug-likeness (QED) is 0.816. The summed E-state index contributed by atoms with van der Waals surface area (Å²) >= 11 is 0. The van der Waals surface area contributed by atoms with Crippen molar-refractivity contribution in [1.29, 1.82) is 0 Å². The molecule has 0 saturated carbocycles. The third-order valence-corrected chi connectivity index (χ3v) is 3.25. The minimum Gasteiger partial charge on any atom is -0.330 e. The predicted molar refractivity (Wildman–Crippen MR) is 76.3 cm³/mol. The molecule has 19 heavy (non-hydrogen) atoms. The number of hydrogen-bond acceptors (Lipinski definition) is 1. The maximum atomic E-state index is 14.1. The van der Waals surface area contributed by atoms with Gasteiger partial charge in [-0.15, -0.1) is 0 Å². The highest BCUT2D eigenvalue weighted by Crippen LogP contribution is 2.35. The number of rotatable bonds is 6. The van der Waals surface area contributed by atoms with Gasteiger partial charge in [0, 0.05) is 12.0 Å². The molecule has 1 nitrogen and oxygen atoms in total. The molecule has 0 radical (unpaired) electrons. The second kappa shape index (κ2) is 6.00. The Morgan fingerprint density at radius 2 is 1.84 bits per heavy atom. The monoisotopic (exact) mass is 269 g/mol. The summed E-state index contributed by atoms with van der Waals surface area (Å²) in [7, 11) is 0. The second-order valence-electron chi connectivity index (χ2n) is 6.55. The van der Waals surface area contributed by atoms with Crippen LogP contribution in [-0.2, 0) is 12.3 Å². The van der Waals surface area contributed by atoms with E-state index in [9.17, 15) is 8.78 Å². The predicted octanol–water partition coefficient (Wildman–Crippen LogP) is 4.35. The lowest BCUT2D eigenvalue weighted by atomic mass is 9.85. The standard InChI is InChI=1S/C16H25F2N/c1-12(2)9-16(17,18)14-7-5-6-13(8-14)10-15(3,4)11-19/h5-8,12H,9-11,19H2,1-4H3. The van der Waals surface area contributed by atoms with Crippen LogP contribution in [0.1, 0.15) is 45.2 Å². The smallest absolute Gasteiger partial charge is 0.273 e. The van der Waals surface area contributed by atoms with E-state index < -0.39 is 5.92 Å². The summed E-state index contributed by atoms with van der Waals surface area (Å²) in [6.07, 6.45) is 0.603. The van der Waals surface area contributed by atoms with E-state index in [1.54, 1.807) is 12.1 Å². The van der Waals surface area contributed by atoms with E-state index in [0.29, 0.717) is 6.54 Å². The molecule has 0 aromatic heterocycles. The lowest BCUT2D eigenvalue weighted by Gasteiger charge is -2.24. The molecule has 3 heteroatoms. The molecule has 0 fully saturated rings. The Balaban J connectivity index is 2.94. The van der Waals surface area contributed by atoms with Gasteiger partial charge in [-0.05, 0) is 35.9 Å². The molecule has 0 saturated heterocycles. The van der Waals surface area contributed by atoms with Crippen LogP contribution in [0.3, 0.4) is 0 Å². The minimum absolute atomic E-state index is 0.0286. The zero-order valence-electron chi connectivity index (χ0n) is 12.3. The molecule has 2 N–H and O–H groups in total. The average molecular weight is 269 g/mol. The third kappa shape index (κ3) is 4.90. The van der Waals surface area contributed by atoms with Gasteiger partial charge >= 0.3 is 0 Å².